The molecule has 0 bridgehead atoms. The number of nitrogens with one attached hydrogen (secondary N) is 1. The Kier molecular flexibility index (Phi) is 2.79. The Morgan fingerprint density at radius 2 is 1.84 bits per heavy atom. The van der Waals surface area contributed by atoms with Crippen LogP contribution in [0.5, 0.6) is 0 Å². The standard InChI is InChI=1S/C20H16N4O/c1-23-12-14-7-2-4-8-16(14)18-19(23)20(25)24(22-18)15-10-13-6-3-5-9-17(13)21-11-15/h2-12,22,25H,1H3. The van der Waals surface area contributed by atoms with Crippen molar-refractivity contribution in [2.24, 2.45) is 0 Å². The number of anilines is 1. The fraction of sp³-hybridized carbons (Fsp3) is 0.0500. The van der Waals surface area contributed by atoms with Gasteiger partial charge in [0.05, 0.1) is 23.1 Å². The van der Waals surface area contributed by atoms with Crippen molar-refractivity contribution in [3.63, 3.8) is 0 Å². The third kappa shape index (κ3) is 1.99. The second-order valence-corrected chi connectivity index (χ2v) is 6.21. The summed E-state index contributed by atoms with van der Waals surface area (Å²) in [5, 5.41) is 15.7. The van der Waals surface area contributed by atoms with Crippen molar-refractivity contribution in [1.29, 1.82) is 0 Å². The van der Waals surface area contributed by atoms with Gasteiger partial charge in [-0.25, -0.2) is 5.01 Å². The molecule has 5 nitrogen and oxygen atoms in total. The third-order valence-corrected chi connectivity index (χ3v) is 4.63. The fourth-order valence-corrected chi connectivity index (χ4v) is 3.44. The first kappa shape index (κ1) is 13.9. The topological polar surface area (TPSA) is 51.6 Å². The molecule has 0 fully saturated rings. The summed E-state index contributed by atoms with van der Waals surface area (Å²) in [6.45, 7) is 0. The number of hydrazine groups is 1. The van der Waals surface area contributed by atoms with E-state index < -0.39 is 0 Å². The molecule has 0 atom stereocenters. The summed E-state index contributed by atoms with van der Waals surface area (Å²) in [6.07, 6.45) is 3.79. The largest absolute Gasteiger partial charge is 0.492 e. The maximum absolute atomic E-state index is 10.8. The van der Waals surface area contributed by atoms with Crippen molar-refractivity contribution in [1.82, 2.24) is 15.3 Å². The van der Waals surface area contributed by atoms with Gasteiger partial charge in [0.25, 0.3) is 0 Å². The van der Waals surface area contributed by atoms with E-state index in [0.29, 0.717) is 0 Å². The van der Waals surface area contributed by atoms with E-state index in [1.165, 1.54) is 0 Å². The number of rotatable bonds is 1. The minimum absolute atomic E-state index is 0.167. The fourth-order valence-electron chi connectivity index (χ4n) is 3.44. The van der Waals surface area contributed by atoms with Crippen LogP contribution in [0.1, 0.15) is 0 Å². The monoisotopic (exact) mass is 328 g/mol. The number of aliphatic hydroxyl groups excluding tert-OH is 1. The Hall–Kier alpha value is -3.47. The molecular weight excluding hydrogens is 312 g/mol. The first-order valence-electron chi connectivity index (χ1n) is 8.11. The first-order valence-corrected chi connectivity index (χ1v) is 8.11. The molecule has 25 heavy (non-hydrogen) atoms. The third-order valence-electron chi connectivity index (χ3n) is 4.63. The summed E-state index contributed by atoms with van der Waals surface area (Å²) >= 11 is 0. The van der Waals surface area contributed by atoms with Gasteiger partial charge in [-0.3, -0.25) is 10.4 Å². The van der Waals surface area contributed by atoms with Crippen molar-refractivity contribution in [3.8, 4) is 0 Å². The summed E-state index contributed by atoms with van der Waals surface area (Å²) in [4.78, 5) is 6.43. The number of hydrogen-bond donors (Lipinski definition) is 2. The molecule has 2 N–H and O–H groups in total. The van der Waals surface area contributed by atoms with Gasteiger partial charge in [0.15, 0.2) is 0 Å². The van der Waals surface area contributed by atoms with E-state index in [9.17, 15) is 5.11 Å². The zero-order chi connectivity index (χ0) is 17.0. The average Bonchev–Trinajstić information content (AvgIpc) is 3.00. The molecule has 0 saturated heterocycles. The van der Waals surface area contributed by atoms with Gasteiger partial charge < -0.3 is 10.0 Å². The maximum atomic E-state index is 10.8. The van der Waals surface area contributed by atoms with E-state index in [1.807, 2.05) is 60.6 Å². The number of aliphatic hydroxyl groups is 1. The molecule has 5 heteroatoms. The second-order valence-electron chi connectivity index (χ2n) is 6.21. The molecule has 5 rings (SSSR count). The highest BCUT2D eigenvalue weighted by molar-refractivity contribution is 5.83. The van der Waals surface area contributed by atoms with Gasteiger partial charge in [0.2, 0.25) is 5.88 Å². The molecule has 0 unspecified atom stereocenters. The molecule has 2 aliphatic heterocycles. The van der Waals surface area contributed by atoms with Gasteiger partial charge in [-0.15, -0.1) is 0 Å². The first-order chi connectivity index (χ1) is 12.2. The van der Waals surface area contributed by atoms with Gasteiger partial charge in [-0.1, -0.05) is 42.5 Å². The van der Waals surface area contributed by atoms with E-state index in [-0.39, 0.29) is 5.88 Å². The summed E-state index contributed by atoms with van der Waals surface area (Å²) in [6, 6.07) is 18.1. The van der Waals surface area contributed by atoms with Crippen molar-refractivity contribution in [3.05, 3.63) is 82.8 Å². The second kappa shape index (κ2) is 5.01. The number of pyridine rings is 1. The number of aromatic nitrogens is 1. The van der Waals surface area contributed by atoms with Crippen LogP contribution in [0.4, 0.5) is 5.69 Å². The van der Waals surface area contributed by atoms with E-state index in [2.05, 4.69) is 22.5 Å². The lowest BCUT2D eigenvalue weighted by atomic mass is 10.1. The zero-order valence-corrected chi connectivity index (χ0v) is 13.6. The van der Waals surface area contributed by atoms with Crippen LogP contribution in [0.2, 0.25) is 0 Å². The smallest absolute Gasteiger partial charge is 0.237 e. The van der Waals surface area contributed by atoms with Crippen LogP contribution in [-0.2, 0) is 0 Å². The number of nitrogens with zero attached hydrogens (tertiary/aromatic N) is 3. The van der Waals surface area contributed by atoms with Crippen LogP contribution in [0.25, 0.3) is 22.8 Å². The number of benzene rings is 2. The van der Waals surface area contributed by atoms with Gasteiger partial charge >= 0.3 is 0 Å². The Morgan fingerprint density at radius 1 is 1.04 bits per heavy atom. The Balaban J connectivity index is 1.69. The quantitative estimate of drug-likeness (QED) is 0.713. The van der Waals surface area contributed by atoms with E-state index in [4.69, 9.17) is 0 Å². The minimum Gasteiger partial charge on any atom is -0.492 e. The summed E-state index contributed by atoms with van der Waals surface area (Å²) < 4.78 is 0. The molecule has 3 aromatic rings. The van der Waals surface area contributed by atoms with E-state index in [0.717, 1.165) is 38.4 Å². The highest BCUT2D eigenvalue weighted by Gasteiger charge is 2.32. The van der Waals surface area contributed by atoms with Crippen molar-refractivity contribution >= 4 is 28.5 Å². The SMILES string of the molecule is CN1C=c2ccccc2=C2NN(c3cnc4ccccc4c3)C(O)=C21. The lowest BCUT2D eigenvalue weighted by Crippen LogP contribution is -2.40. The van der Waals surface area contributed by atoms with E-state index in [1.54, 1.807) is 11.2 Å². The molecule has 1 aromatic heterocycles. The summed E-state index contributed by atoms with van der Waals surface area (Å²) in [7, 11) is 1.94. The van der Waals surface area contributed by atoms with Crippen LogP contribution in [0.3, 0.4) is 0 Å². The highest BCUT2D eigenvalue weighted by atomic mass is 16.3. The van der Waals surface area contributed by atoms with E-state index >= 15 is 0 Å². The highest BCUT2D eigenvalue weighted by Crippen LogP contribution is 2.31. The van der Waals surface area contributed by atoms with Gasteiger partial charge in [-0.2, -0.15) is 0 Å². The zero-order valence-electron chi connectivity index (χ0n) is 13.6. The molecule has 0 spiro atoms. The van der Waals surface area contributed by atoms with Gasteiger partial charge in [0, 0.05) is 29.1 Å². The van der Waals surface area contributed by atoms with Crippen molar-refractivity contribution in [2.75, 3.05) is 12.1 Å². The lowest BCUT2D eigenvalue weighted by molar-refractivity contribution is 0.376. The van der Waals surface area contributed by atoms with Crippen LogP contribution >= 0.6 is 0 Å². The molecule has 122 valence electrons. The lowest BCUT2D eigenvalue weighted by Gasteiger charge is -2.20. The van der Waals surface area contributed by atoms with Crippen LogP contribution in [0, 0.1) is 0 Å². The summed E-state index contributed by atoms with van der Waals surface area (Å²) in [5.74, 6) is 0.167. The maximum Gasteiger partial charge on any atom is 0.237 e. The average molecular weight is 328 g/mol. The molecule has 0 saturated carbocycles. The summed E-state index contributed by atoms with van der Waals surface area (Å²) in [5.41, 5.74) is 6.70. The molecule has 2 aliphatic rings. The minimum atomic E-state index is 0.167. The van der Waals surface area contributed by atoms with Crippen molar-refractivity contribution in [2.45, 2.75) is 0 Å². The van der Waals surface area contributed by atoms with Crippen LogP contribution in [-0.4, -0.2) is 22.0 Å². The Morgan fingerprint density at radius 3 is 2.76 bits per heavy atom. The molecule has 0 aliphatic carbocycles. The molecular formula is C20H16N4O. The number of hydrogen-bond acceptors (Lipinski definition) is 5. The van der Waals surface area contributed by atoms with Crippen molar-refractivity contribution < 1.29 is 5.11 Å². The van der Waals surface area contributed by atoms with Crippen LogP contribution in [0.15, 0.2) is 72.4 Å². The predicted octanol–water partition coefficient (Wildman–Crippen LogP) is 1.78. The Bertz CT molecular complexity index is 1170. The number of para-hydroxylation sites is 1. The molecule has 2 aromatic carbocycles. The Labute approximate surface area is 144 Å². The van der Waals surface area contributed by atoms with Gasteiger partial charge in [0.1, 0.15) is 5.70 Å². The molecule has 0 radical (unpaired) electrons. The van der Waals surface area contributed by atoms with Crippen LogP contribution < -0.4 is 20.9 Å². The molecule has 0 amide bonds. The molecule has 3 heterocycles. The number of likely N-dealkylation sites (N-methyl/N-ethyl adjacent to an activating group) is 1. The normalized spacial score (nSPS) is 15.8. The van der Waals surface area contributed by atoms with Gasteiger partial charge in [-0.05, 0) is 12.1 Å². The predicted molar refractivity (Wildman–Crippen MR) is 98.3 cm³/mol. The number of fused-ring (bicyclic) bond motifs is 3.